The Morgan fingerprint density at radius 1 is 1.17 bits per heavy atom. The number of anilines is 2. The van der Waals surface area contributed by atoms with Crippen molar-refractivity contribution in [2.45, 2.75) is 19.9 Å². The quantitative estimate of drug-likeness (QED) is 0.284. The summed E-state index contributed by atoms with van der Waals surface area (Å²) in [6.45, 7) is 4.39. The summed E-state index contributed by atoms with van der Waals surface area (Å²) in [4.78, 5) is 26.9. The number of hydrogen-bond acceptors (Lipinski definition) is 8. The SMILES string of the molecule is CCOc1nc(-c2cnc(N)nc2N[C@@H](C)c2cc3cccc(Cl)c3c(=O)n2-c2ccccc2)cs1. The van der Waals surface area contributed by atoms with Crippen LogP contribution in [0.3, 0.4) is 0 Å². The Morgan fingerprint density at radius 3 is 2.75 bits per heavy atom. The van der Waals surface area contributed by atoms with Crippen LogP contribution in [0.4, 0.5) is 11.8 Å². The summed E-state index contributed by atoms with van der Waals surface area (Å²) in [6.07, 6.45) is 1.63. The predicted octanol–water partition coefficient (Wildman–Crippen LogP) is 5.71. The zero-order valence-corrected chi connectivity index (χ0v) is 21.2. The first-order valence-corrected chi connectivity index (χ1v) is 12.6. The van der Waals surface area contributed by atoms with E-state index in [2.05, 4.69) is 20.3 Å². The van der Waals surface area contributed by atoms with E-state index in [9.17, 15) is 4.79 Å². The van der Waals surface area contributed by atoms with Gasteiger partial charge in [-0.1, -0.05) is 53.3 Å². The largest absolute Gasteiger partial charge is 0.470 e. The maximum atomic E-state index is 13.7. The zero-order valence-electron chi connectivity index (χ0n) is 19.6. The number of aromatic nitrogens is 4. The van der Waals surface area contributed by atoms with Crippen molar-refractivity contribution in [3.8, 4) is 22.1 Å². The van der Waals surface area contributed by atoms with E-state index in [1.54, 1.807) is 16.8 Å². The van der Waals surface area contributed by atoms with E-state index in [-0.39, 0.29) is 17.5 Å². The first-order valence-electron chi connectivity index (χ1n) is 11.3. The third kappa shape index (κ3) is 4.50. The molecule has 0 saturated heterocycles. The number of ether oxygens (including phenoxy) is 1. The lowest BCUT2D eigenvalue weighted by Crippen LogP contribution is -2.26. The molecular weight excluding hydrogens is 496 g/mol. The number of nitrogens with one attached hydrogen (secondary N) is 1. The van der Waals surface area contributed by atoms with E-state index in [0.29, 0.717) is 39.3 Å². The highest BCUT2D eigenvalue weighted by Gasteiger charge is 2.20. The normalized spacial score (nSPS) is 12.0. The van der Waals surface area contributed by atoms with Crippen molar-refractivity contribution >= 4 is 45.5 Å². The molecule has 0 aliphatic heterocycles. The second kappa shape index (κ2) is 9.96. The minimum atomic E-state index is -0.348. The Labute approximate surface area is 216 Å². The predicted molar refractivity (Wildman–Crippen MR) is 145 cm³/mol. The summed E-state index contributed by atoms with van der Waals surface area (Å²) in [6, 6.07) is 16.5. The van der Waals surface area contributed by atoms with Gasteiger partial charge in [-0.15, -0.1) is 0 Å². The highest BCUT2D eigenvalue weighted by Crippen LogP contribution is 2.33. The lowest BCUT2D eigenvalue weighted by molar-refractivity contribution is 0.338. The van der Waals surface area contributed by atoms with Gasteiger partial charge in [0.1, 0.15) is 5.82 Å². The fourth-order valence-corrected chi connectivity index (χ4v) is 5.04. The molecule has 5 aromatic rings. The number of rotatable bonds is 7. The van der Waals surface area contributed by atoms with Gasteiger partial charge in [-0.25, -0.2) is 9.97 Å². The van der Waals surface area contributed by atoms with Crippen molar-refractivity contribution in [1.29, 1.82) is 0 Å². The Bertz CT molecular complexity index is 1600. The number of para-hydroxylation sites is 1. The second-order valence-electron chi connectivity index (χ2n) is 8.04. The van der Waals surface area contributed by atoms with E-state index in [1.807, 2.05) is 67.8 Å². The molecule has 10 heteroatoms. The maximum Gasteiger partial charge on any atom is 0.273 e. The zero-order chi connectivity index (χ0) is 25.2. The molecular formula is C26H23ClN6O2S. The first-order chi connectivity index (χ1) is 17.5. The van der Waals surface area contributed by atoms with Crippen LogP contribution in [-0.2, 0) is 0 Å². The van der Waals surface area contributed by atoms with E-state index in [4.69, 9.17) is 22.1 Å². The van der Waals surface area contributed by atoms with Crippen LogP contribution in [0.2, 0.25) is 5.02 Å². The van der Waals surface area contributed by atoms with Gasteiger partial charge < -0.3 is 15.8 Å². The van der Waals surface area contributed by atoms with Crippen molar-refractivity contribution in [1.82, 2.24) is 19.5 Å². The molecule has 182 valence electrons. The van der Waals surface area contributed by atoms with Crippen LogP contribution in [0, 0.1) is 0 Å². The summed E-state index contributed by atoms with van der Waals surface area (Å²) in [7, 11) is 0. The van der Waals surface area contributed by atoms with Crippen LogP contribution in [0.5, 0.6) is 5.19 Å². The number of benzene rings is 2. The topological polar surface area (TPSA) is 108 Å². The van der Waals surface area contributed by atoms with Crippen LogP contribution in [0.15, 0.2) is 71.0 Å². The lowest BCUT2D eigenvalue weighted by atomic mass is 10.1. The Balaban J connectivity index is 1.63. The van der Waals surface area contributed by atoms with Gasteiger partial charge in [-0.2, -0.15) is 4.98 Å². The number of hydrogen-bond donors (Lipinski definition) is 2. The Kier molecular flexibility index (Phi) is 6.58. The van der Waals surface area contributed by atoms with Crippen LogP contribution < -0.4 is 21.3 Å². The van der Waals surface area contributed by atoms with E-state index in [0.717, 1.165) is 16.8 Å². The highest BCUT2D eigenvalue weighted by atomic mass is 35.5. The fraction of sp³-hybridized carbons (Fsp3) is 0.154. The molecule has 2 aromatic carbocycles. The molecule has 0 fully saturated rings. The molecule has 0 spiro atoms. The maximum absolute atomic E-state index is 13.7. The molecule has 0 radical (unpaired) electrons. The summed E-state index contributed by atoms with van der Waals surface area (Å²) in [5.41, 5.74) is 8.55. The van der Waals surface area contributed by atoms with Gasteiger partial charge in [0, 0.05) is 23.0 Å². The third-order valence-electron chi connectivity index (χ3n) is 5.67. The monoisotopic (exact) mass is 518 g/mol. The van der Waals surface area contributed by atoms with Gasteiger partial charge in [-0.3, -0.25) is 9.36 Å². The summed E-state index contributed by atoms with van der Waals surface area (Å²) < 4.78 is 7.20. The summed E-state index contributed by atoms with van der Waals surface area (Å²) in [5.74, 6) is 0.626. The highest BCUT2D eigenvalue weighted by molar-refractivity contribution is 7.11. The summed E-state index contributed by atoms with van der Waals surface area (Å²) in [5, 5.41) is 7.51. The molecule has 3 aromatic heterocycles. The Hall–Kier alpha value is -3.95. The van der Waals surface area contributed by atoms with Gasteiger partial charge in [0.2, 0.25) is 5.95 Å². The number of nitrogens with zero attached hydrogens (tertiary/aromatic N) is 4. The third-order valence-corrected chi connectivity index (χ3v) is 6.74. The molecule has 3 N–H and O–H groups in total. The van der Waals surface area contributed by atoms with Gasteiger partial charge in [0.25, 0.3) is 10.8 Å². The molecule has 0 aliphatic rings. The van der Waals surface area contributed by atoms with E-state index >= 15 is 0 Å². The van der Waals surface area contributed by atoms with Crippen molar-refractivity contribution in [2.75, 3.05) is 17.7 Å². The van der Waals surface area contributed by atoms with Gasteiger partial charge in [-0.05, 0) is 43.5 Å². The molecule has 8 nitrogen and oxygen atoms in total. The van der Waals surface area contributed by atoms with Crippen molar-refractivity contribution in [2.24, 2.45) is 0 Å². The first kappa shape index (κ1) is 23.8. The van der Waals surface area contributed by atoms with E-state index < -0.39 is 0 Å². The summed E-state index contributed by atoms with van der Waals surface area (Å²) >= 11 is 7.83. The van der Waals surface area contributed by atoms with Gasteiger partial charge in [0.05, 0.1) is 34.3 Å². The average Bonchev–Trinajstić information content (AvgIpc) is 3.33. The average molecular weight is 519 g/mol. The lowest BCUT2D eigenvalue weighted by Gasteiger charge is -2.22. The minimum absolute atomic E-state index is 0.124. The van der Waals surface area contributed by atoms with Crippen LogP contribution in [-0.4, -0.2) is 26.1 Å². The van der Waals surface area contributed by atoms with Gasteiger partial charge in [0.15, 0.2) is 0 Å². The standard InChI is InChI=1S/C26H23ClN6O2S/c1-3-35-26-31-20(14-36-26)18-13-29-25(28)32-23(18)30-15(2)21-12-16-8-7-11-19(27)22(16)24(34)33(21)17-9-5-4-6-10-17/h4-15H,3H2,1-2H3,(H3,28,29,30,32)/t15-/m0/s1. The van der Waals surface area contributed by atoms with Crippen LogP contribution >= 0.6 is 22.9 Å². The van der Waals surface area contributed by atoms with Gasteiger partial charge >= 0.3 is 0 Å². The second-order valence-corrected chi connectivity index (χ2v) is 9.27. The Morgan fingerprint density at radius 2 is 1.97 bits per heavy atom. The number of halogens is 1. The minimum Gasteiger partial charge on any atom is -0.470 e. The molecule has 0 unspecified atom stereocenters. The molecule has 3 heterocycles. The molecule has 1 atom stereocenters. The van der Waals surface area contributed by atoms with Crippen molar-refractivity contribution in [3.63, 3.8) is 0 Å². The fourth-order valence-electron chi connectivity index (χ4n) is 4.04. The number of pyridine rings is 1. The molecule has 0 aliphatic carbocycles. The molecule has 0 saturated carbocycles. The molecule has 0 amide bonds. The van der Waals surface area contributed by atoms with Crippen molar-refractivity contribution < 1.29 is 4.74 Å². The van der Waals surface area contributed by atoms with E-state index in [1.165, 1.54) is 11.3 Å². The van der Waals surface area contributed by atoms with Crippen LogP contribution in [0.1, 0.15) is 25.6 Å². The number of nitrogen functional groups attached to an aromatic ring is 1. The molecule has 5 rings (SSSR count). The molecule has 36 heavy (non-hydrogen) atoms. The molecule has 0 bridgehead atoms. The number of nitrogens with two attached hydrogens (primary N) is 1. The number of fused-ring (bicyclic) bond motifs is 1. The van der Waals surface area contributed by atoms with Crippen LogP contribution in [0.25, 0.3) is 27.7 Å². The number of thiazole rings is 1. The smallest absolute Gasteiger partial charge is 0.273 e. The van der Waals surface area contributed by atoms with Crippen molar-refractivity contribution in [3.05, 3.63) is 87.2 Å².